The molecule has 0 saturated heterocycles. The highest BCUT2D eigenvalue weighted by Crippen LogP contribution is 1.85. The summed E-state index contributed by atoms with van der Waals surface area (Å²) in [5.74, 6) is 0.539. The summed E-state index contributed by atoms with van der Waals surface area (Å²) < 4.78 is 15.4. The van der Waals surface area contributed by atoms with Gasteiger partial charge in [-0.2, -0.15) is 0 Å². The van der Waals surface area contributed by atoms with Gasteiger partial charge in [-0.15, -0.1) is 11.6 Å². The van der Waals surface area contributed by atoms with Crippen molar-refractivity contribution in [3.8, 4) is 0 Å². The zero-order valence-corrected chi connectivity index (χ0v) is 9.46. The third-order valence-electron chi connectivity index (χ3n) is 1.48. The van der Waals surface area contributed by atoms with Crippen LogP contribution in [0.5, 0.6) is 0 Å². The Bertz CT molecular complexity index is 129. The Hall–Kier alpha value is -0.0900. The number of halogens is 1. The minimum absolute atomic E-state index is 0.539. The van der Waals surface area contributed by atoms with Crippen LogP contribution in [0.25, 0.3) is 0 Å². The van der Waals surface area contributed by atoms with Crippen molar-refractivity contribution < 1.29 is 14.2 Å². The van der Waals surface area contributed by atoms with E-state index in [1.807, 2.05) is 12.2 Å². The van der Waals surface area contributed by atoms with Gasteiger partial charge >= 0.3 is 0 Å². The zero-order chi connectivity index (χ0) is 10.5. The van der Waals surface area contributed by atoms with Crippen LogP contribution >= 0.6 is 11.6 Å². The lowest BCUT2D eigenvalue weighted by atomic mass is 10.5. The van der Waals surface area contributed by atoms with Gasteiger partial charge < -0.3 is 14.2 Å². The summed E-state index contributed by atoms with van der Waals surface area (Å²) in [5.41, 5.74) is 0. The summed E-state index contributed by atoms with van der Waals surface area (Å²) in [6.07, 6.45) is 4.70. The van der Waals surface area contributed by atoms with E-state index in [9.17, 15) is 0 Å². The first-order valence-electron chi connectivity index (χ1n) is 4.77. The largest absolute Gasteiger partial charge is 0.385 e. The molecule has 0 atom stereocenters. The van der Waals surface area contributed by atoms with E-state index in [0.29, 0.717) is 25.7 Å². The molecule has 0 aliphatic heterocycles. The molecule has 0 aromatic carbocycles. The molecule has 0 spiro atoms. The molecule has 0 rings (SSSR count). The molecular weight excluding hydrogens is 204 g/mol. The molecule has 0 fully saturated rings. The lowest BCUT2D eigenvalue weighted by Crippen LogP contribution is -2.06. The Morgan fingerprint density at radius 3 is 2.50 bits per heavy atom. The van der Waals surface area contributed by atoms with Gasteiger partial charge in [0.2, 0.25) is 0 Å². The maximum absolute atomic E-state index is 5.43. The van der Waals surface area contributed by atoms with E-state index in [0.717, 1.165) is 19.6 Å². The Balaban J connectivity index is 2.88. The molecule has 0 N–H and O–H groups in total. The second-order valence-electron chi connectivity index (χ2n) is 2.66. The van der Waals surface area contributed by atoms with Crippen LogP contribution in [-0.2, 0) is 14.2 Å². The van der Waals surface area contributed by atoms with Crippen molar-refractivity contribution in [3.05, 3.63) is 12.2 Å². The van der Waals surface area contributed by atoms with E-state index in [4.69, 9.17) is 25.8 Å². The molecule has 0 saturated carbocycles. The van der Waals surface area contributed by atoms with E-state index >= 15 is 0 Å². The average Bonchev–Trinajstić information content (AvgIpc) is 2.21. The first-order valence-corrected chi connectivity index (χ1v) is 5.30. The maximum atomic E-state index is 5.43. The van der Waals surface area contributed by atoms with Gasteiger partial charge in [0.25, 0.3) is 0 Å². The van der Waals surface area contributed by atoms with Crippen molar-refractivity contribution in [2.24, 2.45) is 0 Å². The summed E-state index contributed by atoms with van der Waals surface area (Å²) in [4.78, 5) is 0. The minimum Gasteiger partial charge on any atom is -0.385 e. The minimum atomic E-state index is 0.539. The third-order valence-corrected chi connectivity index (χ3v) is 1.66. The number of methoxy groups -OCH3 is 1. The predicted molar refractivity (Wildman–Crippen MR) is 58.0 cm³/mol. The van der Waals surface area contributed by atoms with Crippen molar-refractivity contribution in [2.75, 3.05) is 46.0 Å². The molecule has 0 heterocycles. The molecular formula is C10H19ClO3. The van der Waals surface area contributed by atoms with Crippen LogP contribution in [0.15, 0.2) is 12.2 Å². The molecule has 84 valence electrons. The number of rotatable bonds is 10. The lowest BCUT2D eigenvalue weighted by molar-refractivity contribution is 0.0487. The van der Waals surface area contributed by atoms with Gasteiger partial charge in [0.15, 0.2) is 0 Å². The molecule has 0 aromatic rings. The SMILES string of the molecule is COCCCOCCOC/C=C/CCl. The molecule has 4 heteroatoms. The van der Waals surface area contributed by atoms with E-state index in [1.165, 1.54) is 0 Å². The second-order valence-corrected chi connectivity index (χ2v) is 2.97. The van der Waals surface area contributed by atoms with Crippen molar-refractivity contribution in [3.63, 3.8) is 0 Å². The first-order chi connectivity index (χ1) is 6.91. The topological polar surface area (TPSA) is 27.7 Å². The summed E-state index contributed by atoms with van der Waals surface area (Å²) in [5, 5.41) is 0. The molecule has 0 unspecified atom stereocenters. The van der Waals surface area contributed by atoms with Crippen LogP contribution < -0.4 is 0 Å². The van der Waals surface area contributed by atoms with Gasteiger partial charge in [0, 0.05) is 26.2 Å². The lowest BCUT2D eigenvalue weighted by Gasteiger charge is -2.03. The smallest absolute Gasteiger partial charge is 0.0704 e. The molecule has 0 amide bonds. The Kier molecular flexibility index (Phi) is 12.8. The Morgan fingerprint density at radius 2 is 1.79 bits per heavy atom. The van der Waals surface area contributed by atoms with Crippen LogP contribution in [0.1, 0.15) is 6.42 Å². The average molecular weight is 223 g/mol. The van der Waals surface area contributed by atoms with Gasteiger partial charge in [0.1, 0.15) is 0 Å². The number of alkyl halides is 1. The fourth-order valence-corrected chi connectivity index (χ4v) is 0.934. The van der Waals surface area contributed by atoms with Crippen LogP contribution in [0.4, 0.5) is 0 Å². The van der Waals surface area contributed by atoms with Gasteiger partial charge in [-0.05, 0) is 6.42 Å². The van der Waals surface area contributed by atoms with Crippen molar-refractivity contribution >= 4 is 11.6 Å². The summed E-state index contributed by atoms with van der Waals surface area (Å²) in [7, 11) is 1.69. The van der Waals surface area contributed by atoms with E-state index < -0.39 is 0 Å². The summed E-state index contributed by atoms with van der Waals surface area (Å²) >= 11 is 5.43. The van der Waals surface area contributed by atoms with Gasteiger partial charge in [0.05, 0.1) is 19.8 Å². The maximum Gasteiger partial charge on any atom is 0.0704 e. The third kappa shape index (κ3) is 11.9. The van der Waals surface area contributed by atoms with Gasteiger partial charge in [-0.3, -0.25) is 0 Å². The normalized spacial score (nSPS) is 11.3. The molecule has 0 aliphatic carbocycles. The number of allylic oxidation sites excluding steroid dienone is 1. The van der Waals surface area contributed by atoms with Crippen LogP contribution in [0.3, 0.4) is 0 Å². The molecule has 14 heavy (non-hydrogen) atoms. The highest BCUT2D eigenvalue weighted by Gasteiger charge is 1.88. The molecule has 0 bridgehead atoms. The van der Waals surface area contributed by atoms with Crippen LogP contribution in [-0.4, -0.2) is 46.0 Å². The van der Waals surface area contributed by atoms with Gasteiger partial charge in [-0.25, -0.2) is 0 Å². The fraction of sp³-hybridized carbons (Fsp3) is 0.800. The van der Waals surface area contributed by atoms with E-state index in [-0.39, 0.29) is 0 Å². The van der Waals surface area contributed by atoms with Crippen LogP contribution in [0, 0.1) is 0 Å². The van der Waals surface area contributed by atoms with Gasteiger partial charge in [-0.1, -0.05) is 12.2 Å². The Labute approximate surface area is 91.0 Å². The van der Waals surface area contributed by atoms with Crippen LogP contribution in [0.2, 0.25) is 0 Å². The standard InChI is InChI=1S/C10H19ClO3/c1-12-6-4-8-14-10-9-13-7-3-2-5-11/h2-3H,4-10H2,1H3/b3-2+. The van der Waals surface area contributed by atoms with Crippen molar-refractivity contribution in [2.45, 2.75) is 6.42 Å². The first kappa shape index (κ1) is 13.9. The highest BCUT2D eigenvalue weighted by molar-refractivity contribution is 6.18. The molecule has 0 radical (unpaired) electrons. The van der Waals surface area contributed by atoms with Crippen molar-refractivity contribution in [1.29, 1.82) is 0 Å². The monoisotopic (exact) mass is 222 g/mol. The van der Waals surface area contributed by atoms with E-state index in [2.05, 4.69) is 0 Å². The summed E-state index contributed by atoms with van der Waals surface area (Å²) in [6, 6.07) is 0. The Morgan fingerprint density at radius 1 is 1.00 bits per heavy atom. The molecule has 0 aromatic heterocycles. The fourth-order valence-electron chi connectivity index (χ4n) is 0.808. The molecule has 3 nitrogen and oxygen atoms in total. The highest BCUT2D eigenvalue weighted by atomic mass is 35.5. The van der Waals surface area contributed by atoms with Crippen molar-refractivity contribution in [1.82, 2.24) is 0 Å². The zero-order valence-electron chi connectivity index (χ0n) is 8.71. The number of hydrogen-bond acceptors (Lipinski definition) is 3. The van der Waals surface area contributed by atoms with E-state index in [1.54, 1.807) is 7.11 Å². The quantitative estimate of drug-likeness (QED) is 0.321. The number of ether oxygens (including phenoxy) is 3. The summed E-state index contributed by atoms with van der Waals surface area (Å²) in [6.45, 7) is 3.35. The second kappa shape index (κ2) is 12.9. The predicted octanol–water partition coefficient (Wildman–Crippen LogP) is 1.85. The number of hydrogen-bond donors (Lipinski definition) is 0. The molecule has 0 aliphatic rings.